The van der Waals surface area contributed by atoms with Crippen LogP contribution in [0.2, 0.25) is 0 Å². The van der Waals surface area contributed by atoms with Crippen molar-refractivity contribution in [3.63, 3.8) is 0 Å². The molecule has 3 heterocycles. The molecule has 1 aromatic rings. The van der Waals surface area contributed by atoms with E-state index in [2.05, 4.69) is 4.98 Å². The fraction of sp³-hybridized carbons (Fsp3) is 0.733. The van der Waals surface area contributed by atoms with Gasteiger partial charge in [0.1, 0.15) is 6.23 Å². The molecule has 4 atom stereocenters. The maximum absolute atomic E-state index is 12.3. The molecule has 0 spiro atoms. The van der Waals surface area contributed by atoms with Gasteiger partial charge in [-0.15, -0.1) is 0 Å². The highest BCUT2D eigenvalue weighted by molar-refractivity contribution is 7.51. The SMILES string of the molecule is Cc1c2n(c(=O)[nH]c1=O)[C@H]1C[C@@H](C(C)(C)C)C(O1)[C@@H]2CP(=O)(O)O. The Morgan fingerprint density at radius 2 is 1.96 bits per heavy atom. The van der Waals surface area contributed by atoms with Crippen molar-refractivity contribution in [2.75, 3.05) is 6.16 Å². The number of rotatable bonds is 2. The Kier molecular flexibility index (Phi) is 3.96. The molecule has 0 aliphatic carbocycles. The van der Waals surface area contributed by atoms with Crippen molar-refractivity contribution in [1.82, 2.24) is 9.55 Å². The second-order valence-corrected chi connectivity index (χ2v) is 9.55. The molecule has 0 radical (unpaired) electrons. The molecule has 2 aliphatic rings. The minimum Gasteiger partial charge on any atom is -0.354 e. The molecule has 0 amide bonds. The number of hydrogen-bond donors (Lipinski definition) is 3. The first kappa shape index (κ1) is 17.6. The molecular formula is C15H23N2O6P. The smallest absolute Gasteiger partial charge is 0.330 e. The third kappa shape index (κ3) is 2.81. The normalized spacial score (nSPS) is 29.6. The van der Waals surface area contributed by atoms with Gasteiger partial charge in [0.05, 0.1) is 12.3 Å². The molecule has 3 N–H and O–H groups in total. The molecule has 0 saturated carbocycles. The van der Waals surface area contributed by atoms with Gasteiger partial charge in [-0.3, -0.25) is 18.9 Å². The third-order valence-corrected chi connectivity index (χ3v) is 6.04. The number of fused-ring (bicyclic) bond motifs is 4. The van der Waals surface area contributed by atoms with Gasteiger partial charge < -0.3 is 14.5 Å². The van der Waals surface area contributed by atoms with Crippen LogP contribution in [0.1, 0.15) is 50.6 Å². The predicted octanol–water partition coefficient (Wildman–Crippen LogP) is 1.07. The number of H-pyrrole nitrogens is 1. The van der Waals surface area contributed by atoms with E-state index in [9.17, 15) is 23.9 Å². The molecule has 24 heavy (non-hydrogen) atoms. The summed E-state index contributed by atoms with van der Waals surface area (Å²) >= 11 is 0. The average molecular weight is 358 g/mol. The van der Waals surface area contributed by atoms with E-state index in [0.717, 1.165) is 0 Å². The molecule has 1 saturated heterocycles. The van der Waals surface area contributed by atoms with Crippen LogP contribution in [0.4, 0.5) is 0 Å². The average Bonchev–Trinajstić information content (AvgIpc) is 2.78. The zero-order valence-electron chi connectivity index (χ0n) is 14.1. The molecule has 2 aliphatic heterocycles. The topological polar surface area (TPSA) is 122 Å². The maximum Gasteiger partial charge on any atom is 0.330 e. The van der Waals surface area contributed by atoms with Crippen molar-refractivity contribution >= 4 is 7.60 Å². The van der Waals surface area contributed by atoms with E-state index in [1.165, 1.54) is 4.57 Å². The van der Waals surface area contributed by atoms with Gasteiger partial charge in [-0.2, -0.15) is 0 Å². The summed E-state index contributed by atoms with van der Waals surface area (Å²) in [5, 5.41) is 0. The molecule has 8 nitrogen and oxygen atoms in total. The van der Waals surface area contributed by atoms with Crippen molar-refractivity contribution < 1.29 is 19.1 Å². The first-order valence-corrected chi connectivity index (χ1v) is 9.75. The van der Waals surface area contributed by atoms with Gasteiger partial charge >= 0.3 is 13.3 Å². The van der Waals surface area contributed by atoms with Crippen molar-refractivity contribution in [3.05, 3.63) is 32.1 Å². The van der Waals surface area contributed by atoms with E-state index in [-0.39, 0.29) is 11.3 Å². The van der Waals surface area contributed by atoms with Gasteiger partial charge in [-0.05, 0) is 24.7 Å². The number of ether oxygens (including phenoxy) is 1. The summed E-state index contributed by atoms with van der Waals surface area (Å²) in [6.07, 6.45) is -0.807. The molecule has 1 fully saturated rings. The van der Waals surface area contributed by atoms with Gasteiger partial charge in [-0.25, -0.2) is 4.79 Å². The number of nitrogens with zero attached hydrogens (tertiary/aromatic N) is 1. The Bertz CT molecular complexity index is 830. The summed E-state index contributed by atoms with van der Waals surface area (Å²) in [4.78, 5) is 45.7. The molecule has 9 heteroatoms. The molecule has 1 unspecified atom stereocenters. The van der Waals surface area contributed by atoms with Crippen LogP contribution in [0.25, 0.3) is 0 Å². The largest absolute Gasteiger partial charge is 0.354 e. The fourth-order valence-corrected chi connectivity index (χ4v) is 4.97. The zero-order chi connectivity index (χ0) is 18.0. The lowest BCUT2D eigenvalue weighted by atomic mass is 9.73. The van der Waals surface area contributed by atoms with E-state index in [1.54, 1.807) is 6.92 Å². The number of aromatic amines is 1. The minimum absolute atomic E-state index is 0.0212. The zero-order valence-corrected chi connectivity index (χ0v) is 15.0. The monoisotopic (exact) mass is 358 g/mol. The van der Waals surface area contributed by atoms with Gasteiger partial charge in [-0.1, -0.05) is 20.8 Å². The Labute approximate surface area is 139 Å². The maximum atomic E-state index is 12.3. The molecule has 0 aromatic carbocycles. The van der Waals surface area contributed by atoms with Crippen LogP contribution in [0.5, 0.6) is 0 Å². The highest BCUT2D eigenvalue weighted by Gasteiger charge is 2.52. The summed E-state index contributed by atoms with van der Waals surface area (Å²) in [6.45, 7) is 7.71. The third-order valence-electron chi connectivity index (χ3n) is 5.17. The Morgan fingerprint density at radius 1 is 1.33 bits per heavy atom. The van der Waals surface area contributed by atoms with Crippen LogP contribution in [-0.2, 0) is 9.30 Å². The van der Waals surface area contributed by atoms with Crippen LogP contribution in [-0.4, -0.2) is 31.6 Å². The van der Waals surface area contributed by atoms with E-state index >= 15 is 0 Å². The Balaban J connectivity index is 2.24. The highest BCUT2D eigenvalue weighted by Crippen LogP contribution is 2.54. The van der Waals surface area contributed by atoms with Crippen LogP contribution in [0, 0.1) is 18.3 Å². The lowest BCUT2D eigenvalue weighted by Gasteiger charge is -2.38. The Morgan fingerprint density at radius 3 is 2.50 bits per heavy atom. The second-order valence-electron chi connectivity index (χ2n) is 7.86. The standard InChI is InChI=1S/C15H23N2O6P/c1-7-11-8(6-24(20,21)22)12-9(15(2,3)4)5-10(23-12)17(11)14(19)16-13(7)18/h8-10,12H,5-6H2,1-4H3,(H,16,18,19)(H2,20,21,22)/t8-,9-,10-,12?/m1/s1. The summed E-state index contributed by atoms with van der Waals surface area (Å²) in [5.41, 5.74) is -0.540. The first-order chi connectivity index (χ1) is 10.9. The summed E-state index contributed by atoms with van der Waals surface area (Å²) in [7, 11) is -4.36. The van der Waals surface area contributed by atoms with Crippen molar-refractivity contribution in [2.45, 2.75) is 52.4 Å². The van der Waals surface area contributed by atoms with Gasteiger partial charge in [0.15, 0.2) is 0 Å². The van der Waals surface area contributed by atoms with Crippen molar-refractivity contribution in [3.8, 4) is 0 Å². The van der Waals surface area contributed by atoms with Gasteiger partial charge in [0.25, 0.3) is 5.56 Å². The summed E-state index contributed by atoms with van der Waals surface area (Å²) in [6, 6.07) is 0. The molecule has 134 valence electrons. The first-order valence-electron chi connectivity index (χ1n) is 7.95. The molecule has 1 aromatic heterocycles. The number of nitrogens with one attached hydrogen (secondary N) is 1. The van der Waals surface area contributed by atoms with E-state index in [1.807, 2.05) is 20.8 Å². The quantitative estimate of drug-likeness (QED) is 0.680. The fourth-order valence-electron chi connectivity index (χ4n) is 4.07. The summed E-state index contributed by atoms with van der Waals surface area (Å²) < 4.78 is 19.1. The lowest BCUT2D eigenvalue weighted by Crippen LogP contribution is -2.44. The highest BCUT2D eigenvalue weighted by atomic mass is 31.2. The molecule has 2 bridgehead atoms. The Hall–Kier alpha value is -1.21. The second kappa shape index (κ2) is 5.39. The van der Waals surface area contributed by atoms with Gasteiger partial charge in [0, 0.05) is 17.2 Å². The van der Waals surface area contributed by atoms with Crippen LogP contribution in [0.15, 0.2) is 9.59 Å². The van der Waals surface area contributed by atoms with Gasteiger partial charge in [0.2, 0.25) is 0 Å². The molecular weight excluding hydrogens is 335 g/mol. The van der Waals surface area contributed by atoms with Crippen LogP contribution in [0.3, 0.4) is 0 Å². The van der Waals surface area contributed by atoms with Crippen molar-refractivity contribution in [1.29, 1.82) is 0 Å². The minimum atomic E-state index is -4.36. The van der Waals surface area contributed by atoms with E-state index < -0.39 is 43.3 Å². The molecule has 3 rings (SSSR count). The number of hydrogen-bond acceptors (Lipinski definition) is 4. The number of aromatic nitrogens is 2. The van der Waals surface area contributed by atoms with Crippen LogP contribution < -0.4 is 11.2 Å². The predicted molar refractivity (Wildman–Crippen MR) is 87.2 cm³/mol. The van der Waals surface area contributed by atoms with Crippen LogP contribution >= 0.6 is 7.60 Å². The lowest BCUT2D eigenvalue weighted by molar-refractivity contribution is -0.0515. The van der Waals surface area contributed by atoms with E-state index in [4.69, 9.17) is 4.74 Å². The van der Waals surface area contributed by atoms with Crippen molar-refractivity contribution in [2.24, 2.45) is 11.3 Å². The van der Waals surface area contributed by atoms with E-state index in [0.29, 0.717) is 17.7 Å². The summed E-state index contributed by atoms with van der Waals surface area (Å²) in [5.74, 6) is -0.670.